The molecule has 0 bridgehead atoms. The van der Waals surface area contributed by atoms with Crippen molar-refractivity contribution in [3.05, 3.63) is 41.9 Å². The lowest BCUT2D eigenvalue weighted by Gasteiger charge is -2.23. The molecular weight excluding hydrogens is 410 g/mol. The van der Waals surface area contributed by atoms with Gasteiger partial charge in [0.25, 0.3) is 0 Å². The van der Waals surface area contributed by atoms with Gasteiger partial charge in [-0.1, -0.05) is 13.3 Å². The summed E-state index contributed by atoms with van der Waals surface area (Å²) in [6.07, 6.45) is 6.43. The molecule has 0 spiro atoms. The number of hydrogen-bond donors (Lipinski definition) is 3. The van der Waals surface area contributed by atoms with Crippen molar-refractivity contribution in [3.8, 4) is 0 Å². The number of benzene rings is 1. The smallest absolute Gasteiger partial charge is 0.232 e. The summed E-state index contributed by atoms with van der Waals surface area (Å²) >= 11 is 1.48. The van der Waals surface area contributed by atoms with E-state index in [4.69, 9.17) is 0 Å². The highest BCUT2D eigenvalue weighted by Crippen LogP contribution is 2.40. The van der Waals surface area contributed by atoms with Crippen molar-refractivity contribution in [2.24, 2.45) is 0 Å². The molecule has 0 unspecified atom stereocenters. The van der Waals surface area contributed by atoms with Crippen LogP contribution in [0.15, 0.2) is 40.4 Å². The first kappa shape index (κ1) is 20.0. The van der Waals surface area contributed by atoms with Crippen molar-refractivity contribution in [2.45, 2.75) is 67.3 Å². The summed E-state index contributed by atoms with van der Waals surface area (Å²) in [5, 5.41) is 14.3. The molecule has 2 heterocycles. The molecule has 0 aliphatic heterocycles. The standard InChI is InChI=1S/C22H25N7OS/c1-2-19(30)23-15-8-10-16(11-9-15)31-22-26-20(14-6-7-14)25-21(27-22)24-18-12-17(28-29-18)13-4-3-5-13/h8-14H,2-7H2,1H3,(H,23,30)(H2,24,25,26,27,28,29). The SMILES string of the molecule is CCC(=O)Nc1ccc(Sc2nc(Nc3cc(C4CCC4)[nH]n3)nc(C3CC3)n2)cc1. The number of aromatic nitrogens is 5. The zero-order chi connectivity index (χ0) is 21.2. The maximum absolute atomic E-state index is 11.6. The maximum Gasteiger partial charge on any atom is 0.232 e. The van der Waals surface area contributed by atoms with E-state index in [0.717, 1.165) is 35.1 Å². The molecule has 2 aliphatic rings. The normalized spacial score (nSPS) is 16.0. The number of nitrogens with zero attached hydrogens (tertiary/aromatic N) is 4. The van der Waals surface area contributed by atoms with Crippen molar-refractivity contribution in [3.63, 3.8) is 0 Å². The Labute approximate surface area is 185 Å². The molecule has 1 amide bonds. The van der Waals surface area contributed by atoms with Crippen molar-refractivity contribution >= 4 is 35.1 Å². The van der Waals surface area contributed by atoms with Crippen molar-refractivity contribution < 1.29 is 4.79 Å². The minimum absolute atomic E-state index is 0.00138. The Morgan fingerprint density at radius 3 is 2.58 bits per heavy atom. The summed E-state index contributed by atoms with van der Waals surface area (Å²) in [6.45, 7) is 1.83. The summed E-state index contributed by atoms with van der Waals surface area (Å²) in [7, 11) is 0. The highest BCUT2D eigenvalue weighted by atomic mass is 32.2. The predicted molar refractivity (Wildman–Crippen MR) is 120 cm³/mol. The molecule has 2 aliphatic carbocycles. The molecule has 5 rings (SSSR count). The van der Waals surface area contributed by atoms with Gasteiger partial charge in [-0.05, 0) is 61.7 Å². The van der Waals surface area contributed by atoms with Crippen LogP contribution in [0.25, 0.3) is 0 Å². The Kier molecular flexibility index (Phi) is 5.59. The Hall–Kier alpha value is -2.94. The van der Waals surface area contributed by atoms with Gasteiger partial charge in [0, 0.05) is 40.6 Å². The first-order chi connectivity index (χ1) is 15.2. The van der Waals surface area contributed by atoms with Gasteiger partial charge < -0.3 is 10.6 Å². The number of anilines is 3. The van der Waals surface area contributed by atoms with Gasteiger partial charge >= 0.3 is 0 Å². The fraction of sp³-hybridized carbons (Fsp3) is 0.409. The lowest BCUT2D eigenvalue weighted by Crippen LogP contribution is -2.09. The number of H-pyrrole nitrogens is 1. The number of nitrogens with one attached hydrogen (secondary N) is 3. The summed E-state index contributed by atoms with van der Waals surface area (Å²) in [6, 6.07) is 9.76. The van der Waals surface area contributed by atoms with Crippen LogP contribution in [0.4, 0.5) is 17.5 Å². The van der Waals surface area contributed by atoms with Crippen LogP contribution in [0, 0.1) is 0 Å². The highest BCUT2D eigenvalue weighted by Gasteiger charge is 2.28. The van der Waals surface area contributed by atoms with E-state index in [9.17, 15) is 4.79 Å². The van der Waals surface area contributed by atoms with Crippen LogP contribution in [0.1, 0.15) is 68.8 Å². The van der Waals surface area contributed by atoms with E-state index >= 15 is 0 Å². The van der Waals surface area contributed by atoms with E-state index in [1.165, 1.54) is 36.7 Å². The first-order valence-corrected chi connectivity index (χ1v) is 11.6. The van der Waals surface area contributed by atoms with Gasteiger partial charge in [-0.3, -0.25) is 9.89 Å². The number of rotatable bonds is 8. The fourth-order valence-corrected chi connectivity index (χ4v) is 4.16. The minimum atomic E-state index is 0.00138. The molecule has 0 saturated heterocycles. The zero-order valence-electron chi connectivity index (χ0n) is 17.4. The molecule has 3 N–H and O–H groups in total. The van der Waals surface area contributed by atoms with Gasteiger partial charge in [0.15, 0.2) is 11.0 Å². The van der Waals surface area contributed by atoms with Crippen LogP contribution in [0.5, 0.6) is 0 Å². The van der Waals surface area contributed by atoms with Crippen LogP contribution >= 0.6 is 11.8 Å². The summed E-state index contributed by atoms with van der Waals surface area (Å²) in [5.41, 5.74) is 1.96. The number of hydrogen-bond acceptors (Lipinski definition) is 7. The van der Waals surface area contributed by atoms with E-state index in [0.29, 0.717) is 29.4 Å². The van der Waals surface area contributed by atoms with Crippen molar-refractivity contribution in [1.82, 2.24) is 25.1 Å². The van der Waals surface area contributed by atoms with E-state index in [2.05, 4.69) is 41.8 Å². The highest BCUT2D eigenvalue weighted by molar-refractivity contribution is 7.99. The van der Waals surface area contributed by atoms with Gasteiger partial charge in [-0.15, -0.1) is 0 Å². The molecule has 31 heavy (non-hydrogen) atoms. The second kappa shape index (κ2) is 8.66. The van der Waals surface area contributed by atoms with Crippen LogP contribution in [-0.2, 0) is 4.79 Å². The minimum Gasteiger partial charge on any atom is -0.326 e. The summed E-state index contributed by atoms with van der Waals surface area (Å²) in [4.78, 5) is 26.5. The number of carbonyl (C=O) groups is 1. The Morgan fingerprint density at radius 2 is 1.90 bits per heavy atom. The van der Waals surface area contributed by atoms with Crippen LogP contribution in [-0.4, -0.2) is 31.1 Å². The third-order valence-electron chi connectivity index (χ3n) is 5.63. The molecule has 2 saturated carbocycles. The number of carbonyl (C=O) groups excluding carboxylic acids is 1. The predicted octanol–water partition coefficient (Wildman–Crippen LogP) is 4.98. The molecular formula is C22H25N7OS. The van der Waals surface area contributed by atoms with E-state index in [-0.39, 0.29) is 5.91 Å². The van der Waals surface area contributed by atoms with Gasteiger partial charge in [-0.2, -0.15) is 15.1 Å². The Balaban J connectivity index is 1.32. The molecule has 8 nitrogen and oxygen atoms in total. The quantitative estimate of drug-likeness (QED) is 0.458. The molecule has 0 atom stereocenters. The van der Waals surface area contributed by atoms with Crippen LogP contribution in [0.2, 0.25) is 0 Å². The first-order valence-electron chi connectivity index (χ1n) is 10.8. The van der Waals surface area contributed by atoms with Gasteiger partial charge in [-0.25, -0.2) is 4.98 Å². The van der Waals surface area contributed by atoms with E-state index < -0.39 is 0 Å². The lowest BCUT2D eigenvalue weighted by molar-refractivity contribution is -0.115. The van der Waals surface area contributed by atoms with Gasteiger partial charge in [0.2, 0.25) is 11.9 Å². The third-order valence-corrected chi connectivity index (χ3v) is 6.50. The summed E-state index contributed by atoms with van der Waals surface area (Å²) in [5.74, 6) is 3.11. The summed E-state index contributed by atoms with van der Waals surface area (Å²) < 4.78 is 0. The van der Waals surface area contributed by atoms with Crippen LogP contribution in [0.3, 0.4) is 0 Å². The second-order valence-electron chi connectivity index (χ2n) is 8.06. The second-order valence-corrected chi connectivity index (χ2v) is 9.10. The van der Waals surface area contributed by atoms with Crippen molar-refractivity contribution in [1.29, 1.82) is 0 Å². The third kappa shape index (κ3) is 4.87. The maximum atomic E-state index is 11.6. The lowest BCUT2D eigenvalue weighted by atomic mass is 9.83. The molecule has 0 radical (unpaired) electrons. The average Bonchev–Trinajstić information content (AvgIpc) is 3.49. The van der Waals surface area contributed by atoms with Gasteiger partial charge in [0.1, 0.15) is 5.82 Å². The molecule has 2 fully saturated rings. The number of amides is 1. The van der Waals surface area contributed by atoms with Crippen molar-refractivity contribution in [2.75, 3.05) is 10.6 Å². The molecule has 9 heteroatoms. The van der Waals surface area contributed by atoms with Gasteiger partial charge in [0.05, 0.1) is 0 Å². The Morgan fingerprint density at radius 1 is 1.10 bits per heavy atom. The molecule has 2 aromatic heterocycles. The van der Waals surface area contributed by atoms with E-state index in [1.807, 2.05) is 31.2 Å². The average molecular weight is 436 g/mol. The van der Waals surface area contributed by atoms with Crippen LogP contribution < -0.4 is 10.6 Å². The monoisotopic (exact) mass is 435 g/mol. The molecule has 1 aromatic carbocycles. The zero-order valence-corrected chi connectivity index (χ0v) is 18.2. The fourth-order valence-electron chi connectivity index (χ4n) is 3.40. The van der Waals surface area contributed by atoms with E-state index in [1.54, 1.807) is 0 Å². The Bertz CT molecular complexity index is 1070. The molecule has 3 aromatic rings. The molecule has 160 valence electrons. The number of aromatic amines is 1. The topological polar surface area (TPSA) is 108 Å². The largest absolute Gasteiger partial charge is 0.326 e.